The van der Waals surface area contributed by atoms with Crippen molar-refractivity contribution in [1.82, 2.24) is 10.2 Å². The predicted octanol–water partition coefficient (Wildman–Crippen LogP) is 5.41. The maximum Gasteiger partial charge on any atom is 0.264 e. The number of hydrogen-bond acceptors (Lipinski definition) is 5. The van der Waals surface area contributed by atoms with Crippen LogP contribution < -0.4 is 14.4 Å². The summed E-state index contributed by atoms with van der Waals surface area (Å²) in [5, 5.41) is 3.26. The molecule has 0 aromatic heterocycles. The van der Waals surface area contributed by atoms with Gasteiger partial charge in [0.15, 0.2) is 0 Å². The van der Waals surface area contributed by atoms with Crippen LogP contribution in [0.3, 0.4) is 0 Å². The summed E-state index contributed by atoms with van der Waals surface area (Å²) < 4.78 is 47.8. The van der Waals surface area contributed by atoms with Crippen molar-refractivity contribution in [2.75, 3.05) is 17.5 Å². The van der Waals surface area contributed by atoms with Crippen molar-refractivity contribution in [3.63, 3.8) is 0 Å². The Kier molecular flexibility index (Phi) is 10.4. The molecule has 1 atom stereocenters. The van der Waals surface area contributed by atoms with Crippen LogP contribution in [0.4, 0.5) is 10.1 Å². The lowest BCUT2D eigenvalue weighted by molar-refractivity contribution is -0.140. The third kappa shape index (κ3) is 8.43. The minimum atomic E-state index is -4.30. The highest BCUT2D eigenvalue weighted by Crippen LogP contribution is 2.27. The topological polar surface area (TPSA) is 96.0 Å². The minimum absolute atomic E-state index is 0.0441. The van der Waals surface area contributed by atoms with Gasteiger partial charge in [-0.15, -0.1) is 0 Å². The number of nitrogens with one attached hydrogen (secondary N) is 1. The number of hydrogen-bond donors (Lipinski definition) is 1. The Morgan fingerprint density at radius 2 is 1.61 bits per heavy atom. The fourth-order valence-electron chi connectivity index (χ4n) is 4.00. The summed E-state index contributed by atoms with van der Waals surface area (Å²) >= 11 is 6.38. The van der Waals surface area contributed by atoms with Crippen molar-refractivity contribution < 1.29 is 27.1 Å². The fraction of sp³-hybridized carbons (Fsp3) is 0.333. The van der Waals surface area contributed by atoms with Gasteiger partial charge in [0.1, 0.15) is 24.2 Å². The molecule has 0 saturated carbocycles. The Labute approximate surface area is 246 Å². The molecule has 3 aromatic carbocycles. The lowest BCUT2D eigenvalue weighted by Gasteiger charge is -2.33. The number of nitrogens with zero attached hydrogens (tertiary/aromatic N) is 2. The van der Waals surface area contributed by atoms with Gasteiger partial charge in [0.25, 0.3) is 10.0 Å². The molecule has 0 radical (unpaired) electrons. The first-order valence-corrected chi connectivity index (χ1v) is 14.9. The monoisotopic (exact) mass is 603 g/mol. The number of ether oxygens (including phenoxy) is 1. The predicted molar refractivity (Wildman–Crippen MR) is 158 cm³/mol. The number of carbonyl (C=O) groups excluding carboxylic acids is 2. The lowest BCUT2D eigenvalue weighted by Crippen LogP contribution is -2.54. The molecule has 3 aromatic rings. The largest absolute Gasteiger partial charge is 0.494 e. The normalized spacial score (nSPS) is 12.4. The second kappa shape index (κ2) is 13.4. The summed E-state index contributed by atoms with van der Waals surface area (Å²) in [5.41, 5.74) is 0.0976. The highest BCUT2D eigenvalue weighted by atomic mass is 35.5. The van der Waals surface area contributed by atoms with E-state index in [1.165, 1.54) is 41.3 Å². The van der Waals surface area contributed by atoms with E-state index in [1.54, 1.807) is 31.2 Å². The van der Waals surface area contributed by atoms with Crippen molar-refractivity contribution in [2.24, 2.45) is 0 Å². The maximum absolute atomic E-state index is 13.9. The van der Waals surface area contributed by atoms with Crippen LogP contribution in [0.1, 0.15) is 40.2 Å². The van der Waals surface area contributed by atoms with Crippen molar-refractivity contribution in [3.8, 4) is 5.75 Å². The van der Waals surface area contributed by atoms with Gasteiger partial charge < -0.3 is 15.0 Å². The average Bonchev–Trinajstić information content (AvgIpc) is 2.91. The SMILES string of the molecule is CCOc1ccc(S(=O)(=O)N(CC(=O)N(Cc2ccccc2Cl)[C@H](C)C(=O)NC(C)(C)C)c2ccc(F)cc2)cc1. The van der Waals surface area contributed by atoms with E-state index in [0.717, 1.165) is 16.4 Å². The smallest absolute Gasteiger partial charge is 0.264 e. The van der Waals surface area contributed by atoms with Gasteiger partial charge >= 0.3 is 0 Å². The minimum Gasteiger partial charge on any atom is -0.494 e. The van der Waals surface area contributed by atoms with E-state index < -0.39 is 45.8 Å². The first-order chi connectivity index (χ1) is 19.2. The zero-order valence-corrected chi connectivity index (χ0v) is 25.3. The maximum atomic E-state index is 13.9. The van der Waals surface area contributed by atoms with Crippen LogP contribution in [0.5, 0.6) is 5.75 Å². The molecule has 41 heavy (non-hydrogen) atoms. The number of anilines is 1. The molecule has 0 unspecified atom stereocenters. The number of carbonyl (C=O) groups is 2. The van der Waals surface area contributed by atoms with Gasteiger partial charge in [-0.3, -0.25) is 13.9 Å². The Hall–Kier alpha value is -3.63. The zero-order valence-electron chi connectivity index (χ0n) is 23.7. The third-order valence-corrected chi connectivity index (χ3v) is 8.24. The second-order valence-corrected chi connectivity index (χ2v) is 12.7. The number of rotatable bonds is 11. The molecule has 0 aliphatic rings. The summed E-state index contributed by atoms with van der Waals surface area (Å²) in [6, 6.07) is 16.5. The molecule has 0 saturated heterocycles. The number of halogens is 2. The van der Waals surface area contributed by atoms with E-state index in [1.807, 2.05) is 27.7 Å². The van der Waals surface area contributed by atoms with Crippen LogP contribution in [0.2, 0.25) is 5.02 Å². The van der Waals surface area contributed by atoms with E-state index in [9.17, 15) is 22.4 Å². The molecular formula is C30H35ClFN3O5S. The summed E-state index contributed by atoms with van der Waals surface area (Å²) in [6.45, 7) is 8.54. The molecular weight excluding hydrogens is 569 g/mol. The number of benzene rings is 3. The van der Waals surface area contributed by atoms with Crippen molar-refractivity contribution in [3.05, 3.63) is 89.2 Å². The average molecular weight is 604 g/mol. The Balaban J connectivity index is 2.04. The van der Waals surface area contributed by atoms with Crippen molar-refractivity contribution >= 4 is 39.1 Å². The zero-order chi connectivity index (χ0) is 30.4. The molecule has 0 bridgehead atoms. The molecule has 2 amide bonds. The Morgan fingerprint density at radius 3 is 2.17 bits per heavy atom. The molecule has 0 aliphatic heterocycles. The molecule has 11 heteroatoms. The van der Waals surface area contributed by atoms with E-state index in [-0.39, 0.29) is 17.1 Å². The van der Waals surface area contributed by atoms with Crippen LogP contribution in [0.25, 0.3) is 0 Å². The summed E-state index contributed by atoms with van der Waals surface area (Å²) in [7, 11) is -4.30. The fourth-order valence-corrected chi connectivity index (χ4v) is 5.61. The second-order valence-electron chi connectivity index (χ2n) is 10.4. The van der Waals surface area contributed by atoms with Gasteiger partial charge in [0, 0.05) is 17.1 Å². The van der Waals surface area contributed by atoms with Crippen LogP contribution in [-0.2, 0) is 26.2 Å². The lowest BCUT2D eigenvalue weighted by atomic mass is 10.1. The Morgan fingerprint density at radius 1 is 1.00 bits per heavy atom. The van der Waals surface area contributed by atoms with E-state index >= 15 is 0 Å². The highest BCUT2D eigenvalue weighted by Gasteiger charge is 2.33. The van der Waals surface area contributed by atoms with E-state index in [4.69, 9.17) is 16.3 Å². The van der Waals surface area contributed by atoms with Crippen molar-refractivity contribution in [1.29, 1.82) is 0 Å². The molecule has 0 heterocycles. The van der Waals surface area contributed by atoms with Crippen molar-refractivity contribution in [2.45, 2.75) is 57.6 Å². The quantitative estimate of drug-likeness (QED) is 0.316. The highest BCUT2D eigenvalue weighted by molar-refractivity contribution is 7.92. The molecule has 0 aliphatic carbocycles. The molecule has 220 valence electrons. The molecule has 0 spiro atoms. The summed E-state index contributed by atoms with van der Waals surface area (Å²) in [6.07, 6.45) is 0. The standard InChI is InChI=1S/C30H35ClFN3O5S/c1-6-40-25-15-17-26(18-16-25)41(38,39)35(24-13-11-23(32)12-14-24)20-28(36)34(19-22-9-7-8-10-27(22)31)21(2)29(37)33-30(3,4)5/h7-18,21H,6,19-20H2,1-5H3,(H,33,37)/t21-/m1/s1. The number of sulfonamides is 1. The molecule has 3 rings (SSSR count). The van der Waals surface area contributed by atoms with Crippen LogP contribution in [0, 0.1) is 5.82 Å². The first-order valence-electron chi connectivity index (χ1n) is 13.1. The molecule has 0 fully saturated rings. The van der Waals surface area contributed by atoms with Gasteiger partial charge in [-0.25, -0.2) is 12.8 Å². The van der Waals surface area contributed by atoms with E-state index in [2.05, 4.69) is 5.32 Å². The van der Waals surface area contributed by atoms with Gasteiger partial charge in [0.2, 0.25) is 11.8 Å². The summed E-state index contributed by atoms with van der Waals surface area (Å²) in [5.74, 6) is -1.15. The van der Waals surface area contributed by atoms with Gasteiger partial charge in [-0.05, 0) is 94.8 Å². The van der Waals surface area contributed by atoms with Gasteiger partial charge in [-0.2, -0.15) is 0 Å². The Bertz CT molecular complexity index is 1460. The van der Waals surface area contributed by atoms with Gasteiger partial charge in [-0.1, -0.05) is 29.8 Å². The van der Waals surface area contributed by atoms with Crippen LogP contribution >= 0.6 is 11.6 Å². The number of amides is 2. The van der Waals surface area contributed by atoms with Gasteiger partial charge in [0.05, 0.1) is 17.2 Å². The molecule has 8 nitrogen and oxygen atoms in total. The first kappa shape index (κ1) is 31.9. The van der Waals surface area contributed by atoms with E-state index in [0.29, 0.717) is 22.9 Å². The molecule has 1 N–H and O–H groups in total. The summed E-state index contributed by atoms with van der Waals surface area (Å²) in [4.78, 5) is 28.3. The third-order valence-electron chi connectivity index (χ3n) is 6.08. The van der Waals surface area contributed by atoms with Crippen LogP contribution in [-0.4, -0.2) is 49.9 Å². The van der Waals surface area contributed by atoms with Crippen LogP contribution in [0.15, 0.2) is 77.7 Å².